The number of pyridine rings is 2. The molecule has 4 aromatic rings. The summed E-state index contributed by atoms with van der Waals surface area (Å²) in [7, 11) is 0. The standard InChI is InChI=1S/C20H16N4O2/c1-13-10-15(26-24-13)12-22-20(25)17-11-19(14-6-8-21-9-7-14)23-18-5-3-2-4-16(17)18/h2-11H,12H2,1H3,(H,22,25). The van der Waals surface area contributed by atoms with Crippen molar-refractivity contribution >= 4 is 16.8 Å². The number of carbonyl (C=O) groups excluding carboxylic acids is 1. The van der Waals surface area contributed by atoms with E-state index in [0.717, 1.165) is 27.9 Å². The number of hydrogen-bond acceptors (Lipinski definition) is 5. The molecule has 4 rings (SSSR count). The monoisotopic (exact) mass is 344 g/mol. The largest absolute Gasteiger partial charge is 0.359 e. The quantitative estimate of drug-likeness (QED) is 0.612. The van der Waals surface area contributed by atoms with Crippen LogP contribution in [0.3, 0.4) is 0 Å². The van der Waals surface area contributed by atoms with E-state index in [9.17, 15) is 4.79 Å². The fourth-order valence-electron chi connectivity index (χ4n) is 2.80. The van der Waals surface area contributed by atoms with Gasteiger partial charge in [-0.25, -0.2) is 4.98 Å². The molecular weight excluding hydrogens is 328 g/mol. The number of benzene rings is 1. The van der Waals surface area contributed by atoms with E-state index >= 15 is 0 Å². The predicted molar refractivity (Wildman–Crippen MR) is 97.4 cm³/mol. The van der Waals surface area contributed by atoms with Crippen LogP contribution in [0.2, 0.25) is 0 Å². The lowest BCUT2D eigenvalue weighted by Gasteiger charge is -2.10. The van der Waals surface area contributed by atoms with Gasteiger partial charge in [0, 0.05) is 29.4 Å². The van der Waals surface area contributed by atoms with Gasteiger partial charge in [-0.1, -0.05) is 23.4 Å². The Labute approximate surface area is 149 Å². The summed E-state index contributed by atoms with van der Waals surface area (Å²) in [6, 6.07) is 14.9. The lowest BCUT2D eigenvalue weighted by atomic mass is 10.0. The predicted octanol–water partition coefficient (Wildman–Crippen LogP) is 3.52. The Morgan fingerprint density at radius 2 is 1.92 bits per heavy atom. The Morgan fingerprint density at radius 1 is 1.12 bits per heavy atom. The number of nitrogens with zero attached hydrogens (tertiary/aromatic N) is 3. The first-order valence-corrected chi connectivity index (χ1v) is 8.21. The van der Waals surface area contributed by atoms with Gasteiger partial charge in [0.05, 0.1) is 29.0 Å². The molecule has 0 saturated heterocycles. The SMILES string of the molecule is Cc1cc(CNC(=O)c2cc(-c3ccncc3)nc3ccccc23)on1. The van der Waals surface area contributed by atoms with Gasteiger partial charge in [0.2, 0.25) is 0 Å². The van der Waals surface area contributed by atoms with E-state index in [-0.39, 0.29) is 12.5 Å². The molecule has 3 heterocycles. The van der Waals surface area contributed by atoms with Crippen molar-refractivity contribution in [2.24, 2.45) is 0 Å². The molecule has 0 aliphatic heterocycles. The average Bonchev–Trinajstić information content (AvgIpc) is 3.11. The first-order chi connectivity index (χ1) is 12.7. The lowest BCUT2D eigenvalue weighted by molar-refractivity contribution is 0.0948. The fraction of sp³-hybridized carbons (Fsp3) is 0.100. The van der Waals surface area contributed by atoms with Crippen LogP contribution in [-0.4, -0.2) is 21.0 Å². The fourth-order valence-corrected chi connectivity index (χ4v) is 2.80. The molecule has 3 aromatic heterocycles. The van der Waals surface area contributed by atoms with E-state index in [2.05, 4.69) is 20.4 Å². The smallest absolute Gasteiger partial charge is 0.252 e. The van der Waals surface area contributed by atoms with E-state index in [4.69, 9.17) is 4.52 Å². The van der Waals surface area contributed by atoms with Crippen molar-refractivity contribution < 1.29 is 9.32 Å². The van der Waals surface area contributed by atoms with Crippen LogP contribution >= 0.6 is 0 Å². The third kappa shape index (κ3) is 3.17. The van der Waals surface area contributed by atoms with Crippen molar-refractivity contribution in [2.45, 2.75) is 13.5 Å². The first-order valence-electron chi connectivity index (χ1n) is 8.21. The molecule has 1 aromatic carbocycles. The van der Waals surface area contributed by atoms with Crippen LogP contribution in [-0.2, 0) is 6.54 Å². The highest BCUT2D eigenvalue weighted by atomic mass is 16.5. The van der Waals surface area contributed by atoms with Crippen molar-refractivity contribution in [2.75, 3.05) is 0 Å². The summed E-state index contributed by atoms with van der Waals surface area (Å²) in [5.41, 5.74) is 3.75. The molecule has 128 valence electrons. The number of nitrogens with one attached hydrogen (secondary N) is 1. The minimum Gasteiger partial charge on any atom is -0.359 e. The topological polar surface area (TPSA) is 80.9 Å². The molecule has 6 heteroatoms. The van der Waals surface area contributed by atoms with E-state index in [1.54, 1.807) is 24.5 Å². The molecule has 0 radical (unpaired) electrons. The second kappa shape index (κ2) is 6.76. The maximum absolute atomic E-state index is 12.8. The molecular formula is C20H16N4O2. The molecule has 1 N–H and O–H groups in total. The van der Waals surface area contributed by atoms with Gasteiger partial charge in [-0.3, -0.25) is 9.78 Å². The van der Waals surface area contributed by atoms with Crippen molar-refractivity contribution in [3.05, 3.63) is 77.9 Å². The van der Waals surface area contributed by atoms with Crippen molar-refractivity contribution in [3.63, 3.8) is 0 Å². The Bertz CT molecular complexity index is 1070. The molecule has 0 atom stereocenters. The molecule has 0 fully saturated rings. The molecule has 26 heavy (non-hydrogen) atoms. The maximum Gasteiger partial charge on any atom is 0.252 e. The summed E-state index contributed by atoms with van der Waals surface area (Å²) >= 11 is 0. The highest BCUT2D eigenvalue weighted by molar-refractivity contribution is 6.07. The Kier molecular flexibility index (Phi) is 4.15. The number of hydrogen-bond donors (Lipinski definition) is 1. The zero-order valence-electron chi connectivity index (χ0n) is 14.1. The van der Waals surface area contributed by atoms with Crippen LogP contribution in [0, 0.1) is 6.92 Å². The number of aryl methyl sites for hydroxylation is 1. The van der Waals surface area contributed by atoms with Gasteiger partial charge in [-0.15, -0.1) is 0 Å². The van der Waals surface area contributed by atoms with Gasteiger partial charge >= 0.3 is 0 Å². The van der Waals surface area contributed by atoms with Crippen LogP contribution in [0.5, 0.6) is 0 Å². The molecule has 0 unspecified atom stereocenters. The van der Waals surface area contributed by atoms with Crippen LogP contribution in [0.4, 0.5) is 0 Å². The van der Waals surface area contributed by atoms with E-state index in [1.165, 1.54) is 0 Å². The third-order valence-electron chi connectivity index (χ3n) is 4.04. The number of rotatable bonds is 4. The summed E-state index contributed by atoms with van der Waals surface area (Å²) in [5.74, 6) is 0.427. The van der Waals surface area contributed by atoms with Gasteiger partial charge in [0.15, 0.2) is 5.76 Å². The van der Waals surface area contributed by atoms with Crippen molar-refractivity contribution in [3.8, 4) is 11.3 Å². The van der Waals surface area contributed by atoms with Gasteiger partial charge in [0.1, 0.15) is 0 Å². The van der Waals surface area contributed by atoms with E-state index in [0.29, 0.717) is 11.3 Å². The minimum atomic E-state index is -0.187. The summed E-state index contributed by atoms with van der Waals surface area (Å²) in [5, 5.41) is 7.52. The van der Waals surface area contributed by atoms with Gasteiger partial charge in [-0.05, 0) is 31.2 Å². The summed E-state index contributed by atoms with van der Waals surface area (Å²) < 4.78 is 5.15. The molecule has 0 saturated carbocycles. The summed E-state index contributed by atoms with van der Waals surface area (Å²) in [6.07, 6.45) is 3.41. The minimum absolute atomic E-state index is 0.187. The second-order valence-corrected chi connectivity index (χ2v) is 5.93. The third-order valence-corrected chi connectivity index (χ3v) is 4.04. The molecule has 0 aliphatic rings. The van der Waals surface area contributed by atoms with Crippen LogP contribution in [0.1, 0.15) is 21.8 Å². The number of para-hydroxylation sites is 1. The van der Waals surface area contributed by atoms with Crippen molar-refractivity contribution in [1.29, 1.82) is 0 Å². The van der Waals surface area contributed by atoms with Crippen LogP contribution in [0.25, 0.3) is 22.2 Å². The van der Waals surface area contributed by atoms with Crippen molar-refractivity contribution in [1.82, 2.24) is 20.4 Å². The zero-order valence-corrected chi connectivity index (χ0v) is 14.1. The normalized spacial score (nSPS) is 10.8. The van der Waals surface area contributed by atoms with Crippen LogP contribution in [0.15, 0.2) is 65.4 Å². The number of aromatic nitrogens is 3. The molecule has 6 nitrogen and oxygen atoms in total. The molecule has 0 bridgehead atoms. The van der Waals surface area contributed by atoms with Crippen LogP contribution < -0.4 is 5.32 Å². The molecule has 1 amide bonds. The first kappa shape index (κ1) is 16.0. The molecule has 0 spiro atoms. The molecule has 0 aliphatic carbocycles. The highest BCUT2D eigenvalue weighted by Gasteiger charge is 2.14. The lowest BCUT2D eigenvalue weighted by Crippen LogP contribution is -2.23. The zero-order chi connectivity index (χ0) is 17.9. The number of carbonyl (C=O) groups is 1. The summed E-state index contributed by atoms with van der Waals surface area (Å²) in [6.45, 7) is 2.12. The Balaban J connectivity index is 1.71. The van der Waals surface area contributed by atoms with E-state index in [1.807, 2.05) is 43.3 Å². The number of amides is 1. The van der Waals surface area contributed by atoms with Gasteiger partial charge in [-0.2, -0.15) is 0 Å². The van der Waals surface area contributed by atoms with Gasteiger partial charge < -0.3 is 9.84 Å². The summed E-state index contributed by atoms with van der Waals surface area (Å²) in [4.78, 5) is 21.5. The highest BCUT2D eigenvalue weighted by Crippen LogP contribution is 2.24. The average molecular weight is 344 g/mol. The maximum atomic E-state index is 12.8. The second-order valence-electron chi connectivity index (χ2n) is 5.93. The number of fused-ring (bicyclic) bond motifs is 1. The Hall–Kier alpha value is -3.54. The van der Waals surface area contributed by atoms with E-state index < -0.39 is 0 Å². The Morgan fingerprint density at radius 3 is 2.69 bits per heavy atom. The van der Waals surface area contributed by atoms with Gasteiger partial charge in [0.25, 0.3) is 5.91 Å².